The molecule has 0 spiro atoms. The van der Waals surface area contributed by atoms with Crippen molar-refractivity contribution in [3.8, 4) is 5.75 Å². The number of hydrogen-bond acceptors (Lipinski definition) is 8. The van der Waals surface area contributed by atoms with Crippen molar-refractivity contribution >= 4 is 46.7 Å². The first-order valence-electron chi connectivity index (χ1n) is 11.5. The van der Waals surface area contributed by atoms with E-state index in [1.54, 1.807) is 6.92 Å². The SMILES string of the molecule is COc1c(C)c2c(c(NC(=O)C(F)(Cl)Cl)c1CC=C(C)CCC(=O)OCCN1CCNC1)C(=O)OC2. The van der Waals surface area contributed by atoms with Crippen molar-refractivity contribution in [1.29, 1.82) is 0 Å². The fourth-order valence-corrected chi connectivity index (χ4v) is 4.25. The fraction of sp³-hybridized carbons (Fsp3) is 0.542. The van der Waals surface area contributed by atoms with Crippen LogP contribution in [-0.2, 0) is 32.1 Å². The minimum Gasteiger partial charge on any atom is -0.496 e. The van der Waals surface area contributed by atoms with Crippen LogP contribution in [0.5, 0.6) is 5.75 Å². The lowest BCUT2D eigenvalue weighted by atomic mass is 9.93. The molecule has 3 rings (SSSR count). The molecule has 2 aliphatic heterocycles. The van der Waals surface area contributed by atoms with Gasteiger partial charge in [0.1, 0.15) is 19.0 Å². The lowest BCUT2D eigenvalue weighted by Gasteiger charge is -2.20. The van der Waals surface area contributed by atoms with Crippen LogP contribution in [0.3, 0.4) is 0 Å². The van der Waals surface area contributed by atoms with Gasteiger partial charge in [0.05, 0.1) is 18.4 Å². The number of anilines is 1. The number of alkyl halides is 3. The van der Waals surface area contributed by atoms with Crippen LogP contribution < -0.4 is 15.4 Å². The van der Waals surface area contributed by atoms with Crippen LogP contribution in [0, 0.1) is 6.92 Å². The lowest BCUT2D eigenvalue weighted by Crippen LogP contribution is -2.29. The van der Waals surface area contributed by atoms with E-state index in [1.807, 2.05) is 13.0 Å². The molecule has 0 saturated carbocycles. The van der Waals surface area contributed by atoms with Crippen LogP contribution >= 0.6 is 23.2 Å². The number of amides is 1. The minimum atomic E-state index is -3.21. The number of cyclic esters (lactones) is 1. The number of nitrogens with zero attached hydrogens (tertiary/aromatic N) is 1. The Morgan fingerprint density at radius 1 is 1.33 bits per heavy atom. The van der Waals surface area contributed by atoms with Crippen LogP contribution in [-0.4, -0.2) is 67.4 Å². The molecule has 36 heavy (non-hydrogen) atoms. The largest absolute Gasteiger partial charge is 0.496 e. The number of fused-ring (bicyclic) bond motifs is 1. The molecule has 1 amide bonds. The summed E-state index contributed by atoms with van der Waals surface area (Å²) >= 11 is 10.7. The van der Waals surface area contributed by atoms with Crippen molar-refractivity contribution in [1.82, 2.24) is 10.2 Å². The van der Waals surface area contributed by atoms with Gasteiger partial charge >= 0.3 is 16.5 Å². The zero-order valence-electron chi connectivity index (χ0n) is 20.5. The van der Waals surface area contributed by atoms with Crippen LogP contribution in [0.1, 0.15) is 46.8 Å². The highest BCUT2D eigenvalue weighted by Crippen LogP contribution is 2.42. The molecule has 9 nitrogen and oxygen atoms in total. The van der Waals surface area contributed by atoms with E-state index in [0.29, 0.717) is 42.0 Å². The normalized spacial score (nSPS) is 16.1. The summed E-state index contributed by atoms with van der Waals surface area (Å²) in [5, 5.41) is 5.55. The maximum Gasteiger partial charge on any atom is 0.341 e. The minimum absolute atomic E-state index is 0.00667. The summed E-state index contributed by atoms with van der Waals surface area (Å²) in [6, 6.07) is 0. The van der Waals surface area contributed by atoms with Crippen molar-refractivity contribution in [2.75, 3.05) is 45.3 Å². The smallest absolute Gasteiger partial charge is 0.341 e. The number of nitrogens with one attached hydrogen (secondary N) is 2. The number of methoxy groups -OCH3 is 1. The molecule has 0 aliphatic carbocycles. The van der Waals surface area contributed by atoms with E-state index < -0.39 is 16.5 Å². The van der Waals surface area contributed by atoms with Crippen LogP contribution in [0.15, 0.2) is 11.6 Å². The van der Waals surface area contributed by atoms with Gasteiger partial charge in [0, 0.05) is 43.9 Å². The Balaban J connectivity index is 1.74. The van der Waals surface area contributed by atoms with E-state index in [0.717, 1.165) is 25.3 Å². The predicted octanol–water partition coefficient (Wildman–Crippen LogP) is 3.39. The Morgan fingerprint density at radius 2 is 2.08 bits per heavy atom. The van der Waals surface area contributed by atoms with Gasteiger partial charge in [0.2, 0.25) is 0 Å². The summed E-state index contributed by atoms with van der Waals surface area (Å²) in [4.78, 5) is 39.0. The third-order valence-electron chi connectivity index (χ3n) is 6.16. The first-order valence-corrected chi connectivity index (χ1v) is 12.3. The van der Waals surface area contributed by atoms with E-state index in [2.05, 4.69) is 15.5 Å². The summed E-state index contributed by atoms with van der Waals surface area (Å²) in [7, 11) is 1.45. The molecule has 0 bridgehead atoms. The fourth-order valence-electron chi connectivity index (χ4n) is 4.16. The van der Waals surface area contributed by atoms with Gasteiger partial charge < -0.3 is 24.8 Å². The van der Waals surface area contributed by atoms with Crippen molar-refractivity contribution in [3.05, 3.63) is 33.9 Å². The second-order valence-electron chi connectivity index (χ2n) is 8.64. The Bertz CT molecular complexity index is 1050. The van der Waals surface area contributed by atoms with Crippen molar-refractivity contribution < 1.29 is 33.0 Å². The zero-order valence-corrected chi connectivity index (χ0v) is 22.0. The van der Waals surface area contributed by atoms with Crippen LogP contribution in [0.25, 0.3) is 0 Å². The van der Waals surface area contributed by atoms with Crippen molar-refractivity contribution in [2.45, 2.75) is 44.3 Å². The van der Waals surface area contributed by atoms with Gasteiger partial charge in [-0.25, -0.2) is 4.79 Å². The van der Waals surface area contributed by atoms with Crippen molar-refractivity contribution in [3.63, 3.8) is 0 Å². The number of carbonyl (C=O) groups is 3. The standard InChI is InChI=1S/C24H30Cl2FN3O6/c1-14(5-7-18(31)35-11-10-30-9-8-28-13-30)4-6-16-20(29-23(33)24(25,26)27)19-17(12-36-22(19)32)15(2)21(16)34-3/h4,28H,5-13H2,1-3H3,(H,29,33). The summed E-state index contributed by atoms with van der Waals surface area (Å²) in [5.74, 6) is -1.88. The molecular weight excluding hydrogens is 516 g/mol. The molecule has 1 aromatic carbocycles. The highest BCUT2D eigenvalue weighted by molar-refractivity contribution is 6.57. The van der Waals surface area contributed by atoms with E-state index >= 15 is 0 Å². The van der Waals surface area contributed by atoms with Gasteiger partial charge in [-0.3, -0.25) is 14.5 Å². The molecule has 2 heterocycles. The van der Waals surface area contributed by atoms with Gasteiger partial charge in [-0.2, -0.15) is 4.39 Å². The second kappa shape index (κ2) is 12.2. The Kier molecular flexibility index (Phi) is 9.57. The summed E-state index contributed by atoms with van der Waals surface area (Å²) < 4.78 is 26.7. The maximum absolute atomic E-state index is 13.9. The zero-order chi connectivity index (χ0) is 26.5. The number of esters is 2. The number of benzene rings is 1. The number of rotatable bonds is 11. The highest BCUT2D eigenvalue weighted by atomic mass is 35.5. The van der Waals surface area contributed by atoms with Gasteiger partial charge in [-0.15, -0.1) is 0 Å². The molecular formula is C24H30Cl2FN3O6. The quantitative estimate of drug-likeness (QED) is 0.247. The summed E-state index contributed by atoms with van der Waals surface area (Å²) in [5.41, 5.74) is 2.64. The molecule has 2 N–H and O–H groups in total. The van der Waals surface area contributed by atoms with Crippen LogP contribution in [0.2, 0.25) is 0 Å². The topological polar surface area (TPSA) is 106 Å². The van der Waals surface area contributed by atoms with Gasteiger partial charge in [0.25, 0.3) is 5.91 Å². The second-order valence-corrected chi connectivity index (χ2v) is 9.88. The van der Waals surface area contributed by atoms with Crippen LogP contribution in [0.4, 0.5) is 10.1 Å². The van der Waals surface area contributed by atoms with Gasteiger partial charge in [-0.1, -0.05) is 34.9 Å². The molecule has 1 aromatic rings. The molecule has 198 valence electrons. The first kappa shape index (κ1) is 28.2. The van der Waals surface area contributed by atoms with E-state index in [1.165, 1.54) is 7.11 Å². The molecule has 0 unspecified atom stereocenters. The third-order valence-corrected chi connectivity index (χ3v) is 6.50. The van der Waals surface area contributed by atoms with Crippen molar-refractivity contribution in [2.24, 2.45) is 0 Å². The van der Waals surface area contributed by atoms with E-state index in [9.17, 15) is 18.8 Å². The number of ether oxygens (including phenoxy) is 3. The van der Waals surface area contributed by atoms with E-state index in [-0.39, 0.29) is 36.7 Å². The number of halogens is 3. The molecule has 0 radical (unpaired) electrons. The van der Waals surface area contributed by atoms with Gasteiger partial charge in [0.15, 0.2) is 0 Å². The molecule has 2 aliphatic rings. The summed E-state index contributed by atoms with van der Waals surface area (Å²) in [6.07, 6.45) is 2.72. The third kappa shape index (κ3) is 6.88. The van der Waals surface area contributed by atoms with Gasteiger partial charge in [-0.05, 0) is 32.3 Å². The predicted molar refractivity (Wildman–Crippen MR) is 133 cm³/mol. The molecule has 0 aromatic heterocycles. The number of allylic oxidation sites excluding steroid dienone is 2. The first-order chi connectivity index (χ1) is 17.0. The number of carbonyl (C=O) groups excluding carboxylic acids is 3. The lowest BCUT2D eigenvalue weighted by molar-refractivity contribution is -0.144. The average Bonchev–Trinajstić information content (AvgIpc) is 3.47. The van der Waals surface area contributed by atoms with E-state index in [4.69, 9.17) is 37.4 Å². The summed E-state index contributed by atoms with van der Waals surface area (Å²) in [6.45, 7) is 7.31. The average molecular weight is 546 g/mol. The molecule has 0 atom stereocenters. The number of hydrogen-bond donors (Lipinski definition) is 2. The highest BCUT2D eigenvalue weighted by Gasteiger charge is 2.38. The molecule has 1 fully saturated rings. The maximum atomic E-state index is 13.9. The Labute approximate surface area is 219 Å². The monoisotopic (exact) mass is 545 g/mol. The Hall–Kier alpha value is -2.40. The molecule has 12 heteroatoms. The molecule has 1 saturated heterocycles. The Morgan fingerprint density at radius 3 is 2.72 bits per heavy atom.